The third-order valence-corrected chi connectivity index (χ3v) is 5.89. The summed E-state index contributed by atoms with van der Waals surface area (Å²) in [6, 6.07) is 31.6. The molecule has 0 radical (unpaired) electrons. The highest BCUT2D eigenvalue weighted by atomic mass is 35.5. The van der Waals surface area contributed by atoms with Gasteiger partial charge in [-0.1, -0.05) is 84.4 Å². The summed E-state index contributed by atoms with van der Waals surface area (Å²) in [7, 11) is 0. The van der Waals surface area contributed by atoms with Gasteiger partial charge in [-0.05, 0) is 59.9 Å². The third kappa shape index (κ3) is 5.88. The van der Waals surface area contributed by atoms with Crippen LogP contribution in [0.25, 0.3) is 10.8 Å². The number of aryl methyl sites for hydroxylation is 1. The smallest absolute Gasteiger partial charge is 0.124 e. The van der Waals surface area contributed by atoms with Crippen LogP contribution in [-0.2, 0) is 19.6 Å². The zero-order chi connectivity index (χ0) is 21.5. The summed E-state index contributed by atoms with van der Waals surface area (Å²) in [6.45, 7) is 3.54. The number of fused-ring (bicyclic) bond motifs is 1. The lowest BCUT2D eigenvalue weighted by Gasteiger charge is -2.18. The van der Waals surface area contributed by atoms with Crippen LogP contribution in [0.5, 0.6) is 5.75 Å². The highest BCUT2D eigenvalue weighted by Gasteiger charge is 2.11. The Morgan fingerprint density at radius 3 is 2.35 bits per heavy atom. The SMILES string of the molecule is CC(CCc1ccccc1)NCc1c(OCc2ccc(Cl)cc2)ccc2ccccc12. The van der Waals surface area contributed by atoms with Crippen LogP contribution in [0.4, 0.5) is 0 Å². The molecule has 4 aromatic carbocycles. The van der Waals surface area contributed by atoms with Crippen molar-refractivity contribution in [3.63, 3.8) is 0 Å². The second-order valence-electron chi connectivity index (χ2n) is 7.98. The first-order chi connectivity index (χ1) is 15.2. The zero-order valence-corrected chi connectivity index (χ0v) is 18.6. The van der Waals surface area contributed by atoms with Gasteiger partial charge in [0.15, 0.2) is 0 Å². The zero-order valence-electron chi connectivity index (χ0n) is 17.9. The topological polar surface area (TPSA) is 21.3 Å². The average molecular weight is 430 g/mol. The minimum Gasteiger partial charge on any atom is -0.489 e. The molecule has 31 heavy (non-hydrogen) atoms. The van der Waals surface area contributed by atoms with Gasteiger partial charge >= 0.3 is 0 Å². The Hall–Kier alpha value is -2.81. The van der Waals surface area contributed by atoms with E-state index in [1.54, 1.807) is 0 Å². The van der Waals surface area contributed by atoms with E-state index < -0.39 is 0 Å². The summed E-state index contributed by atoms with van der Waals surface area (Å²) in [4.78, 5) is 0. The molecule has 1 atom stereocenters. The van der Waals surface area contributed by atoms with Gasteiger partial charge in [0, 0.05) is 23.2 Å². The molecule has 0 aromatic heterocycles. The molecule has 0 spiro atoms. The van der Waals surface area contributed by atoms with Crippen LogP contribution in [0.15, 0.2) is 91.0 Å². The molecule has 0 aliphatic heterocycles. The summed E-state index contributed by atoms with van der Waals surface area (Å²) < 4.78 is 6.25. The molecule has 0 saturated carbocycles. The predicted molar refractivity (Wildman–Crippen MR) is 131 cm³/mol. The number of halogens is 1. The maximum absolute atomic E-state index is 6.25. The fourth-order valence-corrected chi connectivity index (χ4v) is 3.91. The standard InChI is InChI=1S/C28H28ClNO/c1-21(11-12-22-7-3-2-4-8-22)30-19-27-26-10-6-5-9-24(26)15-18-28(27)31-20-23-13-16-25(29)17-14-23/h2-10,13-18,21,30H,11-12,19-20H2,1H3. The summed E-state index contributed by atoms with van der Waals surface area (Å²) in [5.74, 6) is 0.927. The maximum Gasteiger partial charge on any atom is 0.124 e. The monoisotopic (exact) mass is 429 g/mol. The molecular weight excluding hydrogens is 402 g/mol. The molecule has 0 bridgehead atoms. The number of rotatable bonds is 9. The minimum absolute atomic E-state index is 0.406. The Labute approximate surface area is 189 Å². The van der Waals surface area contributed by atoms with Crippen LogP contribution >= 0.6 is 11.6 Å². The minimum atomic E-state index is 0.406. The Bertz CT molecular complexity index is 1110. The summed E-state index contributed by atoms with van der Waals surface area (Å²) in [5, 5.41) is 6.92. The summed E-state index contributed by atoms with van der Waals surface area (Å²) >= 11 is 6.01. The van der Waals surface area contributed by atoms with Gasteiger partial charge in [0.1, 0.15) is 12.4 Å². The van der Waals surface area contributed by atoms with Gasteiger partial charge in [-0.3, -0.25) is 0 Å². The third-order valence-electron chi connectivity index (χ3n) is 5.64. The van der Waals surface area contributed by atoms with E-state index in [1.807, 2.05) is 24.3 Å². The molecule has 4 rings (SSSR count). The van der Waals surface area contributed by atoms with Gasteiger partial charge < -0.3 is 10.1 Å². The lowest BCUT2D eigenvalue weighted by Crippen LogP contribution is -2.26. The number of ether oxygens (including phenoxy) is 1. The van der Waals surface area contributed by atoms with Crippen LogP contribution in [0, 0.1) is 0 Å². The normalized spacial score (nSPS) is 12.1. The molecule has 0 aliphatic carbocycles. The molecule has 1 N–H and O–H groups in total. The molecule has 0 heterocycles. The molecule has 0 fully saturated rings. The average Bonchev–Trinajstić information content (AvgIpc) is 2.82. The van der Waals surface area contributed by atoms with E-state index in [9.17, 15) is 0 Å². The number of hydrogen-bond acceptors (Lipinski definition) is 2. The fourth-order valence-electron chi connectivity index (χ4n) is 3.78. The van der Waals surface area contributed by atoms with Crippen LogP contribution in [0.3, 0.4) is 0 Å². The Morgan fingerprint density at radius 1 is 0.806 bits per heavy atom. The van der Waals surface area contributed by atoms with Gasteiger partial charge in [-0.15, -0.1) is 0 Å². The molecule has 4 aromatic rings. The quantitative estimate of drug-likeness (QED) is 0.304. The van der Waals surface area contributed by atoms with Gasteiger partial charge in [-0.25, -0.2) is 0 Å². The Morgan fingerprint density at radius 2 is 1.55 bits per heavy atom. The van der Waals surface area contributed by atoms with E-state index in [1.165, 1.54) is 21.9 Å². The Kier molecular flexibility index (Phi) is 7.24. The fraction of sp³-hybridized carbons (Fsp3) is 0.214. The van der Waals surface area contributed by atoms with E-state index in [0.717, 1.165) is 35.7 Å². The van der Waals surface area contributed by atoms with Crippen LogP contribution in [0.1, 0.15) is 30.0 Å². The van der Waals surface area contributed by atoms with Crippen LogP contribution in [0.2, 0.25) is 5.02 Å². The maximum atomic E-state index is 6.25. The highest BCUT2D eigenvalue weighted by molar-refractivity contribution is 6.30. The highest BCUT2D eigenvalue weighted by Crippen LogP contribution is 2.29. The summed E-state index contributed by atoms with van der Waals surface area (Å²) in [6.07, 6.45) is 2.17. The van der Waals surface area contributed by atoms with Gasteiger partial charge in [0.05, 0.1) is 0 Å². The summed E-state index contributed by atoms with van der Waals surface area (Å²) in [5.41, 5.74) is 3.69. The van der Waals surface area contributed by atoms with Crippen molar-refractivity contribution in [3.05, 3.63) is 113 Å². The van der Waals surface area contributed by atoms with E-state index >= 15 is 0 Å². The largest absolute Gasteiger partial charge is 0.489 e. The van der Waals surface area contributed by atoms with Crippen molar-refractivity contribution in [2.75, 3.05) is 0 Å². The first-order valence-corrected chi connectivity index (χ1v) is 11.2. The second-order valence-corrected chi connectivity index (χ2v) is 8.42. The molecule has 2 nitrogen and oxygen atoms in total. The van der Waals surface area contributed by atoms with Crippen molar-refractivity contribution in [2.45, 2.75) is 39.0 Å². The van der Waals surface area contributed by atoms with Gasteiger partial charge in [-0.2, -0.15) is 0 Å². The van der Waals surface area contributed by atoms with Crippen molar-refractivity contribution in [1.29, 1.82) is 0 Å². The molecule has 1 unspecified atom stereocenters. The van der Waals surface area contributed by atoms with Crippen molar-refractivity contribution < 1.29 is 4.74 Å². The number of hydrogen-bond donors (Lipinski definition) is 1. The van der Waals surface area contributed by atoms with Crippen LogP contribution in [-0.4, -0.2) is 6.04 Å². The van der Waals surface area contributed by atoms with Crippen molar-refractivity contribution in [3.8, 4) is 5.75 Å². The van der Waals surface area contributed by atoms with E-state index in [0.29, 0.717) is 12.6 Å². The molecule has 0 saturated heterocycles. The molecule has 0 aliphatic rings. The first kappa shape index (κ1) is 21.4. The van der Waals surface area contributed by atoms with E-state index in [-0.39, 0.29) is 0 Å². The van der Waals surface area contributed by atoms with E-state index in [4.69, 9.17) is 16.3 Å². The van der Waals surface area contributed by atoms with E-state index in [2.05, 4.69) is 79.0 Å². The van der Waals surface area contributed by atoms with Gasteiger partial charge in [0.25, 0.3) is 0 Å². The number of nitrogens with one attached hydrogen (secondary N) is 1. The lowest BCUT2D eigenvalue weighted by atomic mass is 10.0. The van der Waals surface area contributed by atoms with Gasteiger partial charge in [0.2, 0.25) is 0 Å². The number of benzene rings is 4. The lowest BCUT2D eigenvalue weighted by molar-refractivity contribution is 0.302. The van der Waals surface area contributed by atoms with Crippen LogP contribution < -0.4 is 10.1 Å². The van der Waals surface area contributed by atoms with Crippen molar-refractivity contribution in [1.82, 2.24) is 5.32 Å². The van der Waals surface area contributed by atoms with Crippen molar-refractivity contribution >= 4 is 22.4 Å². The first-order valence-electron chi connectivity index (χ1n) is 10.8. The van der Waals surface area contributed by atoms with Crippen molar-refractivity contribution in [2.24, 2.45) is 0 Å². The Balaban J connectivity index is 1.46. The molecular formula is C28H28ClNO. The molecule has 3 heteroatoms. The molecule has 158 valence electrons. The predicted octanol–water partition coefficient (Wildman–Crippen LogP) is 7.18. The molecule has 0 amide bonds. The second kappa shape index (κ2) is 10.5.